The Balaban J connectivity index is -0.00000000188. The molecular formula is Fe4N7NaO7S3. The largest absolute Gasteiger partial charge is 3.00 e. The zero-order valence-corrected chi connectivity index (χ0v) is 18.5. The van der Waals surface area contributed by atoms with E-state index in [-0.39, 0.29) is 138 Å². The second kappa shape index (κ2) is 5760. The average Bonchev–Trinajstić information content (AvgIpc) is 2.45. The van der Waals surface area contributed by atoms with Gasteiger partial charge in [-0.05, 0) is 0 Å². The van der Waals surface area contributed by atoms with Crippen LogP contribution in [0.15, 0.2) is 0 Å². The summed E-state index contributed by atoms with van der Waals surface area (Å²) < 4.78 is 0. The minimum Gasteiger partial charge on any atom is -2.00 e. The molecule has 0 aliphatic heterocycles. The van der Waals surface area contributed by atoms with E-state index in [4.69, 9.17) is 73.5 Å². The van der Waals surface area contributed by atoms with E-state index < -0.39 is 0 Å². The zero-order valence-electron chi connectivity index (χ0n) is 9.63. The minimum absolute atomic E-state index is 0. The average molecular weight is 553 g/mol. The predicted molar refractivity (Wildman–Crippen MR) is 69.2 cm³/mol. The van der Waals surface area contributed by atoms with Gasteiger partial charge in [0.1, 0.15) is 0 Å². The zero-order chi connectivity index (χ0) is 14.0. The van der Waals surface area contributed by atoms with Crippen molar-refractivity contribution in [2.75, 3.05) is 0 Å². The molecule has 0 spiro atoms. The van der Waals surface area contributed by atoms with Crippen molar-refractivity contribution < 1.29 is 97.8 Å². The molecule has 0 aromatic rings. The van der Waals surface area contributed by atoms with Crippen LogP contribution in [0.4, 0.5) is 0 Å². The van der Waals surface area contributed by atoms with Gasteiger partial charge in [-0.3, -0.25) is 0 Å². The maximum Gasteiger partial charge on any atom is 3.00 e. The molecule has 0 heterocycles. The Kier molecular flexibility index (Phi) is 43900. The smallest absolute Gasteiger partial charge is 2.00 e. The maximum atomic E-state index is 7.25. The first-order valence-electron chi connectivity index (χ1n) is 1.28. The van der Waals surface area contributed by atoms with Crippen molar-refractivity contribution in [1.82, 2.24) is 0 Å². The van der Waals surface area contributed by atoms with E-state index in [0.29, 0.717) is 0 Å². The summed E-state index contributed by atoms with van der Waals surface area (Å²) in [5.41, 5.74) is 40.2. The SMILES string of the molecule is [Fe+3].[Fe+3].[Fe+3].[Fe+3].[N-]=O.[N-]=O.[N-]=O.[N-]=O.[N-]=O.[N-]=O.[N-]=O.[Na+].[S-2].[S-2].[S-2]. The summed E-state index contributed by atoms with van der Waals surface area (Å²) in [5.74, 6) is 0. The molecule has 0 fully saturated rings. The van der Waals surface area contributed by atoms with Crippen molar-refractivity contribution >= 4 is 40.5 Å². The fraction of sp³-hybridized carbons (Fsp3) is 0. The van der Waals surface area contributed by atoms with Crippen LogP contribution >= 0.6 is 0 Å². The van der Waals surface area contributed by atoms with Gasteiger partial charge in [0.05, 0.1) is 0 Å². The number of hydrogen-bond acceptors (Lipinski definition) is 7. The standard InChI is InChI=1S/4Fe.7NO.Na.3S/c;;;;7*1-2;;;;/q4*+3;7*-1;+1;3*-2. The van der Waals surface area contributed by atoms with Crippen LogP contribution in [0.3, 0.4) is 0 Å². The van der Waals surface area contributed by atoms with Gasteiger partial charge < -0.3 is 114 Å². The fourth-order valence-electron chi connectivity index (χ4n) is 0. The molecule has 0 aliphatic carbocycles. The summed E-state index contributed by atoms with van der Waals surface area (Å²) >= 11 is 0. The Hall–Kier alpha value is 1.33. The van der Waals surface area contributed by atoms with Crippen molar-refractivity contribution in [2.45, 2.75) is 0 Å². The molecule has 0 atom stereocenters. The summed E-state index contributed by atoms with van der Waals surface area (Å²) in [6.45, 7) is 0. The Labute approximate surface area is 209 Å². The van der Waals surface area contributed by atoms with Crippen LogP contribution in [-0.2, 0) is 109 Å². The predicted octanol–water partition coefficient (Wildman–Crippen LogP) is -0.758. The fourth-order valence-corrected chi connectivity index (χ4v) is 0. The number of hydrogen-bond donors (Lipinski definition) is 0. The van der Waals surface area contributed by atoms with Crippen molar-refractivity contribution in [2.24, 2.45) is 0 Å². The van der Waals surface area contributed by atoms with Crippen LogP contribution in [0, 0.1) is 34.3 Å². The molecule has 0 bridgehead atoms. The van der Waals surface area contributed by atoms with Crippen molar-refractivity contribution in [3.05, 3.63) is 73.5 Å². The van der Waals surface area contributed by atoms with Gasteiger partial charge in [-0.1, -0.05) is 0 Å². The molecule has 22 heavy (non-hydrogen) atoms. The van der Waals surface area contributed by atoms with E-state index >= 15 is 0 Å². The number of nitrogens with zero attached hydrogens (tertiary/aromatic N) is 7. The van der Waals surface area contributed by atoms with Crippen molar-refractivity contribution in [1.29, 1.82) is 0 Å². The summed E-state index contributed by atoms with van der Waals surface area (Å²) in [6.07, 6.45) is 0. The second-order valence-electron chi connectivity index (χ2n) is 0. The summed E-state index contributed by atoms with van der Waals surface area (Å²) in [7, 11) is 0. The molecular weight excluding hydrogens is 553 g/mol. The summed E-state index contributed by atoms with van der Waals surface area (Å²) in [5, 5.41) is 0. The van der Waals surface area contributed by atoms with Crippen LogP contribution in [0.5, 0.6) is 0 Å². The molecule has 14 nitrogen and oxygen atoms in total. The third-order valence-corrected chi connectivity index (χ3v) is 0. The minimum atomic E-state index is 0. The number of nitroso groups, excluding NO2 is 7. The van der Waals surface area contributed by atoms with Gasteiger partial charge >= 0.3 is 97.8 Å². The van der Waals surface area contributed by atoms with Crippen LogP contribution in [-0.4, -0.2) is 0 Å². The topological polar surface area (TPSA) is 276 Å². The van der Waals surface area contributed by atoms with Crippen LogP contribution in [0.1, 0.15) is 0 Å². The third-order valence-electron chi connectivity index (χ3n) is 0. The van der Waals surface area contributed by atoms with Gasteiger partial charge in [0.15, 0.2) is 0 Å². The van der Waals surface area contributed by atoms with Gasteiger partial charge in [-0.15, -0.1) is 0 Å². The Bertz CT molecular complexity index is 65.7. The molecule has 0 aromatic heterocycles. The van der Waals surface area contributed by atoms with E-state index in [9.17, 15) is 0 Å². The molecule has 0 saturated carbocycles. The molecule has 4 radical (unpaired) electrons. The van der Waals surface area contributed by atoms with E-state index in [1.165, 1.54) is 0 Å². The summed E-state index contributed by atoms with van der Waals surface area (Å²) in [4.78, 5) is 50.8. The van der Waals surface area contributed by atoms with Gasteiger partial charge in [0.25, 0.3) is 0 Å². The van der Waals surface area contributed by atoms with E-state index in [1.54, 1.807) is 0 Å². The Morgan fingerprint density at radius 1 is 0.273 bits per heavy atom. The van der Waals surface area contributed by atoms with Crippen molar-refractivity contribution in [3.63, 3.8) is 0 Å². The quantitative estimate of drug-likeness (QED) is 0.346. The van der Waals surface area contributed by atoms with Gasteiger partial charge in [-0.2, -0.15) is 0 Å². The molecule has 0 saturated heterocycles. The van der Waals surface area contributed by atoms with Crippen LogP contribution in [0.2, 0.25) is 0 Å². The van der Waals surface area contributed by atoms with Crippen molar-refractivity contribution in [3.8, 4) is 0 Å². The molecule has 22 heteroatoms. The van der Waals surface area contributed by atoms with Crippen LogP contribution < -0.4 is 29.6 Å². The third kappa shape index (κ3) is 5000. The summed E-state index contributed by atoms with van der Waals surface area (Å²) in [6, 6.07) is 0. The molecule has 0 aliphatic rings. The van der Waals surface area contributed by atoms with E-state index in [1.807, 2.05) is 0 Å². The molecule has 0 amide bonds. The van der Waals surface area contributed by atoms with E-state index in [2.05, 4.69) is 0 Å². The monoisotopic (exact) mass is 553 g/mol. The second-order valence-corrected chi connectivity index (χ2v) is 0. The first-order chi connectivity index (χ1) is 7.00. The Morgan fingerprint density at radius 2 is 0.273 bits per heavy atom. The van der Waals surface area contributed by atoms with Gasteiger partial charge in [-0.25, -0.2) is 0 Å². The normalized spacial score (nSPS) is 1.27. The van der Waals surface area contributed by atoms with Crippen LogP contribution in [0.25, 0.3) is 39.2 Å². The van der Waals surface area contributed by atoms with E-state index in [0.717, 1.165) is 0 Å². The Morgan fingerprint density at radius 3 is 0.273 bits per heavy atom. The molecule has 128 valence electrons. The molecule has 0 rings (SSSR count). The first-order valence-corrected chi connectivity index (χ1v) is 1.28. The first kappa shape index (κ1) is 168. The number of rotatable bonds is 0. The molecule has 0 N–H and O–H groups in total. The van der Waals surface area contributed by atoms with Gasteiger partial charge in [0, 0.05) is 0 Å². The molecule has 0 aromatic carbocycles. The maximum absolute atomic E-state index is 7.25. The molecule has 0 unspecified atom stereocenters. The van der Waals surface area contributed by atoms with Gasteiger partial charge in [0.2, 0.25) is 0 Å².